The zero-order valence-electron chi connectivity index (χ0n) is 13.2. The minimum Gasteiger partial charge on any atom is -0.497 e. The summed E-state index contributed by atoms with van der Waals surface area (Å²) < 4.78 is 6.85. The van der Waals surface area contributed by atoms with E-state index in [1.807, 2.05) is 43.6 Å². The van der Waals surface area contributed by atoms with Crippen LogP contribution in [-0.4, -0.2) is 27.9 Å². The lowest BCUT2D eigenvalue weighted by atomic mass is 10.2. The number of thioether (sulfide) groups is 1. The number of ether oxygens (including phenoxy) is 1. The van der Waals surface area contributed by atoms with Crippen LogP contribution in [0.5, 0.6) is 5.75 Å². The number of benzene rings is 1. The van der Waals surface area contributed by atoms with Crippen LogP contribution in [0.1, 0.15) is 11.1 Å². The summed E-state index contributed by atoms with van der Waals surface area (Å²) in [5, 5.41) is 1.23. The Kier molecular flexibility index (Phi) is 4.34. The molecule has 0 N–H and O–H groups in total. The van der Waals surface area contributed by atoms with Crippen molar-refractivity contribution in [1.29, 1.82) is 0 Å². The third-order valence-electron chi connectivity index (χ3n) is 3.68. The summed E-state index contributed by atoms with van der Waals surface area (Å²) in [6, 6.07) is 7.69. The molecule has 1 aromatic carbocycles. The minimum absolute atomic E-state index is 0.0749. The Hall–Kier alpha value is -2.34. The molecule has 0 spiro atoms. The van der Waals surface area contributed by atoms with Gasteiger partial charge in [-0.2, -0.15) is 0 Å². The largest absolute Gasteiger partial charge is 0.497 e. The molecule has 0 atom stereocenters. The number of rotatable bonds is 4. The maximum Gasteiger partial charge on any atom is 0.261 e. The SMILES string of the molecule is COc1ccc(Cn2cc(C)c3nc(SC)ncc3c2=O)cc1. The predicted octanol–water partition coefficient (Wildman–Crippen LogP) is 2.88. The van der Waals surface area contributed by atoms with Gasteiger partial charge in [-0.25, -0.2) is 9.97 Å². The first kappa shape index (κ1) is 15.6. The van der Waals surface area contributed by atoms with E-state index in [4.69, 9.17) is 4.74 Å². The van der Waals surface area contributed by atoms with Gasteiger partial charge in [-0.1, -0.05) is 23.9 Å². The molecule has 2 aromatic heterocycles. The van der Waals surface area contributed by atoms with Crippen molar-refractivity contribution in [3.05, 3.63) is 58.1 Å². The van der Waals surface area contributed by atoms with Crippen molar-refractivity contribution in [3.8, 4) is 5.75 Å². The number of pyridine rings is 1. The zero-order chi connectivity index (χ0) is 16.4. The van der Waals surface area contributed by atoms with E-state index in [0.29, 0.717) is 17.1 Å². The number of hydrogen-bond acceptors (Lipinski definition) is 5. The molecule has 0 radical (unpaired) electrons. The summed E-state index contributed by atoms with van der Waals surface area (Å²) >= 11 is 1.47. The fourth-order valence-corrected chi connectivity index (χ4v) is 2.82. The molecule has 6 heteroatoms. The third-order valence-corrected chi connectivity index (χ3v) is 4.24. The van der Waals surface area contributed by atoms with E-state index < -0.39 is 0 Å². The first-order valence-electron chi connectivity index (χ1n) is 7.16. The van der Waals surface area contributed by atoms with Crippen LogP contribution in [0.4, 0.5) is 0 Å². The lowest BCUT2D eigenvalue weighted by molar-refractivity contribution is 0.414. The number of aryl methyl sites for hydroxylation is 1. The Morgan fingerprint density at radius 2 is 2.00 bits per heavy atom. The van der Waals surface area contributed by atoms with E-state index >= 15 is 0 Å². The average molecular weight is 327 g/mol. The van der Waals surface area contributed by atoms with Gasteiger partial charge in [0, 0.05) is 12.4 Å². The van der Waals surface area contributed by atoms with Crippen molar-refractivity contribution < 1.29 is 4.74 Å². The quantitative estimate of drug-likeness (QED) is 0.545. The van der Waals surface area contributed by atoms with Gasteiger partial charge in [-0.3, -0.25) is 4.79 Å². The molecule has 118 valence electrons. The van der Waals surface area contributed by atoms with Crippen LogP contribution in [0, 0.1) is 6.92 Å². The summed E-state index contributed by atoms with van der Waals surface area (Å²) in [7, 11) is 1.63. The molecule has 0 saturated heterocycles. The average Bonchev–Trinajstić information content (AvgIpc) is 2.59. The monoisotopic (exact) mass is 327 g/mol. The Balaban J connectivity index is 2.04. The maximum absolute atomic E-state index is 12.7. The van der Waals surface area contributed by atoms with Gasteiger partial charge in [0.05, 0.1) is 24.6 Å². The van der Waals surface area contributed by atoms with E-state index in [-0.39, 0.29) is 5.56 Å². The van der Waals surface area contributed by atoms with Gasteiger partial charge < -0.3 is 9.30 Å². The van der Waals surface area contributed by atoms with Crippen LogP contribution in [0.25, 0.3) is 10.9 Å². The van der Waals surface area contributed by atoms with Crippen LogP contribution < -0.4 is 10.3 Å². The van der Waals surface area contributed by atoms with Crippen molar-refractivity contribution in [2.75, 3.05) is 13.4 Å². The van der Waals surface area contributed by atoms with Gasteiger partial charge in [0.25, 0.3) is 5.56 Å². The van der Waals surface area contributed by atoms with Gasteiger partial charge in [0.2, 0.25) is 0 Å². The molecule has 0 aliphatic heterocycles. The predicted molar refractivity (Wildman–Crippen MR) is 92.4 cm³/mol. The fraction of sp³-hybridized carbons (Fsp3) is 0.235. The second kappa shape index (κ2) is 6.42. The second-order valence-electron chi connectivity index (χ2n) is 5.21. The standard InChI is InChI=1S/C17H17N3O2S/c1-11-9-20(10-12-4-6-13(22-2)7-5-12)16(21)14-8-18-17(23-3)19-15(11)14/h4-9H,10H2,1-3H3. The highest BCUT2D eigenvalue weighted by molar-refractivity contribution is 7.98. The van der Waals surface area contributed by atoms with E-state index in [1.54, 1.807) is 17.9 Å². The minimum atomic E-state index is -0.0749. The van der Waals surface area contributed by atoms with Crippen LogP contribution in [0.2, 0.25) is 0 Å². The molecule has 0 aliphatic carbocycles. The summed E-state index contributed by atoms with van der Waals surface area (Å²) in [6.07, 6.45) is 5.39. The Labute approximate surface area is 138 Å². The summed E-state index contributed by atoms with van der Waals surface area (Å²) in [4.78, 5) is 21.3. The first-order chi connectivity index (χ1) is 11.1. The van der Waals surface area contributed by atoms with Crippen LogP contribution in [0.3, 0.4) is 0 Å². The Morgan fingerprint density at radius 3 is 2.65 bits per heavy atom. The van der Waals surface area contributed by atoms with Crippen molar-refractivity contribution in [1.82, 2.24) is 14.5 Å². The van der Waals surface area contributed by atoms with Gasteiger partial charge in [0.15, 0.2) is 5.16 Å². The van der Waals surface area contributed by atoms with Crippen LogP contribution in [0.15, 0.2) is 46.6 Å². The Bertz CT molecular complexity index is 904. The number of methoxy groups -OCH3 is 1. The van der Waals surface area contributed by atoms with Gasteiger partial charge in [-0.15, -0.1) is 0 Å². The van der Waals surface area contributed by atoms with Crippen molar-refractivity contribution in [3.63, 3.8) is 0 Å². The topological polar surface area (TPSA) is 57.0 Å². The van der Waals surface area contributed by atoms with Gasteiger partial charge >= 0.3 is 0 Å². The molecule has 0 unspecified atom stereocenters. The lowest BCUT2D eigenvalue weighted by Crippen LogP contribution is -2.21. The summed E-state index contributed by atoms with van der Waals surface area (Å²) in [6.45, 7) is 2.47. The molecule has 3 rings (SSSR count). The van der Waals surface area contributed by atoms with E-state index in [1.165, 1.54) is 11.8 Å². The van der Waals surface area contributed by atoms with Gasteiger partial charge in [-0.05, 0) is 36.4 Å². The smallest absolute Gasteiger partial charge is 0.261 e. The molecule has 0 saturated carbocycles. The fourth-order valence-electron chi connectivity index (χ4n) is 2.47. The molecule has 23 heavy (non-hydrogen) atoms. The molecule has 0 amide bonds. The molecule has 0 bridgehead atoms. The first-order valence-corrected chi connectivity index (χ1v) is 8.38. The molecule has 2 heterocycles. The highest BCUT2D eigenvalue weighted by Gasteiger charge is 2.10. The molecular formula is C17H17N3O2S. The lowest BCUT2D eigenvalue weighted by Gasteiger charge is -2.10. The molecule has 0 fully saturated rings. The highest BCUT2D eigenvalue weighted by atomic mass is 32.2. The van der Waals surface area contributed by atoms with E-state index in [0.717, 1.165) is 22.4 Å². The Morgan fingerprint density at radius 1 is 1.26 bits per heavy atom. The van der Waals surface area contributed by atoms with Crippen LogP contribution >= 0.6 is 11.8 Å². The van der Waals surface area contributed by atoms with Crippen molar-refractivity contribution >= 4 is 22.7 Å². The van der Waals surface area contributed by atoms with E-state index in [9.17, 15) is 4.79 Å². The number of aromatic nitrogens is 3. The van der Waals surface area contributed by atoms with E-state index in [2.05, 4.69) is 9.97 Å². The number of fused-ring (bicyclic) bond motifs is 1. The zero-order valence-corrected chi connectivity index (χ0v) is 14.1. The second-order valence-corrected chi connectivity index (χ2v) is 5.99. The highest BCUT2D eigenvalue weighted by Crippen LogP contribution is 2.17. The van der Waals surface area contributed by atoms with Gasteiger partial charge in [0.1, 0.15) is 5.75 Å². The summed E-state index contributed by atoms with van der Waals surface area (Å²) in [5.74, 6) is 0.800. The molecular weight excluding hydrogens is 310 g/mol. The summed E-state index contributed by atoms with van der Waals surface area (Å²) in [5.41, 5.74) is 2.65. The number of nitrogens with zero attached hydrogens (tertiary/aromatic N) is 3. The third kappa shape index (κ3) is 3.07. The maximum atomic E-state index is 12.7. The molecule has 3 aromatic rings. The van der Waals surface area contributed by atoms with Crippen molar-refractivity contribution in [2.45, 2.75) is 18.6 Å². The molecule has 5 nitrogen and oxygen atoms in total. The van der Waals surface area contributed by atoms with Crippen molar-refractivity contribution in [2.24, 2.45) is 0 Å². The van der Waals surface area contributed by atoms with Crippen LogP contribution in [-0.2, 0) is 6.54 Å². The molecule has 0 aliphatic rings. The number of hydrogen-bond donors (Lipinski definition) is 0. The normalized spacial score (nSPS) is 10.9.